The van der Waals surface area contributed by atoms with Crippen LogP contribution in [0.15, 0.2) is 12.2 Å². The van der Waals surface area contributed by atoms with Crippen molar-refractivity contribution in [1.82, 2.24) is 0 Å². The monoisotopic (exact) mass is 312 g/mol. The second-order valence-corrected chi connectivity index (χ2v) is 7.71. The number of aliphatic hydroxyl groups is 2. The van der Waals surface area contributed by atoms with Crippen LogP contribution in [-0.4, -0.2) is 22.9 Å². The molecular formula is C20H40O2. The van der Waals surface area contributed by atoms with Crippen LogP contribution in [0.5, 0.6) is 0 Å². The summed E-state index contributed by atoms with van der Waals surface area (Å²) >= 11 is 0. The summed E-state index contributed by atoms with van der Waals surface area (Å²) < 4.78 is 0. The molecule has 0 heterocycles. The molecule has 132 valence electrons. The lowest BCUT2D eigenvalue weighted by atomic mass is 9.91. The van der Waals surface area contributed by atoms with Gasteiger partial charge in [0.05, 0.1) is 12.7 Å². The lowest BCUT2D eigenvalue weighted by molar-refractivity contribution is 0.119. The number of hydrogen-bond acceptors (Lipinski definition) is 2. The normalized spacial score (nSPS) is 15.8. The Kier molecular flexibility index (Phi) is 12.9. The van der Waals surface area contributed by atoms with Crippen LogP contribution in [0.2, 0.25) is 0 Å². The van der Waals surface area contributed by atoms with Crippen LogP contribution in [-0.2, 0) is 0 Å². The van der Waals surface area contributed by atoms with Crippen molar-refractivity contribution in [2.45, 2.75) is 91.6 Å². The predicted molar refractivity (Wildman–Crippen MR) is 97.0 cm³/mol. The van der Waals surface area contributed by atoms with E-state index in [1.807, 2.05) is 0 Å². The second-order valence-electron chi connectivity index (χ2n) is 7.71. The first-order chi connectivity index (χ1) is 10.4. The first kappa shape index (κ1) is 21.7. The second kappa shape index (κ2) is 13.1. The Balaban J connectivity index is 3.56. The van der Waals surface area contributed by atoms with Gasteiger partial charge in [0.2, 0.25) is 0 Å². The van der Waals surface area contributed by atoms with E-state index < -0.39 is 6.10 Å². The van der Waals surface area contributed by atoms with Crippen LogP contribution >= 0.6 is 0 Å². The van der Waals surface area contributed by atoms with Gasteiger partial charge in [-0.05, 0) is 36.2 Å². The first-order valence-electron chi connectivity index (χ1n) is 9.33. The van der Waals surface area contributed by atoms with Crippen LogP contribution in [0, 0.1) is 17.8 Å². The Bertz CT molecular complexity index is 273. The molecule has 2 heteroatoms. The number of hydrogen-bond donors (Lipinski definition) is 2. The third-order valence-corrected chi connectivity index (χ3v) is 4.71. The van der Waals surface area contributed by atoms with Crippen molar-refractivity contribution in [2.24, 2.45) is 17.8 Å². The third kappa shape index (κ3) is 12.2. The molecule has 3 atom stereocenters. The highest BCUT2D eigenvalue weighted by molar-refractivity contribution is 5.01. The van der Waals surface area contributed by atoms with Crippen molar-refractivity contribution >= 4 is 0 Å². The molecule has 0 aromatic rings. The van der Waals surface area contributed by atoms with Gasteiger partial charge in [0.25, 0.3) is 0 Å². The van der Waals surface area contributed by atoms with Gasteiger partial charge in [-0.1, -0.05) is 79.2 Å². The molecule has 0 aromatic carbocycles. The Morgan fingerprint density at radius 3 is 1.73 bits per heavy atom. The highest BCUT2D eigenvalue weighted by Gasteiger charge is 2.09. The minimum atomic E-state index is -0.734. The van der Waals surface area contributed by atoms with Gasteiger partial charge in [-0.2, -0.15) is 0 Å². The summed E-state index contributed by atoms with van der Waals surface area (Å²) in [6.45, 7) is 13.0. The zero-order valence-corrected chi connectivity index (χ0v) is 15.5. The predicted octanol–water partition coefficient (Wildman–Crippen LogP) is 5.33. The fraction of sp³-hybridized carbons (Fsp3) is 0.900. The van der Waals surface area contributed by atoms with E-state index in [2.05, 4.69) is 34.3 Å². The molecule has 0 aliphatic heterocycles. The quantitative estimate of drug-likeness (QED) is 0.425. The van der Waals surface area contributed by atoms with E-state index in [9.17, 15) is 5.11 Å². The maximum Gasteiger partial charge on any atom is 0.0978 e. The summed E-state index contributed by atoms with van der Waals surface area (Å²) in [4.78, 5) is 0. The summed E-state index contributed by atoms with van der Waals surface area (Å²) in [5, 5.41) is 18.3. The molecule has 0 amide bonds. The van der Waals surface area contributed by atoms with E-state index >= 15 is 0 Å². The van der Waals surface area contributed by atoms with Crippen LogP contribution < -0.4 is 0 Å². The minimum absolute atomic E-state index is 0.205. The van der Waals surface area contributed by atoms with Crippen molar-refractivity contribution in [2.75, 3.05) is 6.61 Å². The van der Waals surface area contributed by atoms with E-state index in [4.69, 9.17) is 5.11 Å². The highest BCUT2D eigenvalue weighted by Crippen LogP contribution is 2.22. The molecule has 0 saturated heterocycles. The molecule has 0 spiro atoms. The van der Waals surface area contributed by atoms with E-state index in [-0.39, 0.29) is 6.61 Å². The fourth-order valence-corrected chi connectivity index (χ4v) is 2.95. The third-order valence-electron chi connectivity index (χ3n) is 4.71. The van der Waals surface area contributed by atoms with Crippen molar-refractivity contribution < 1.29 is 10.2 Å². The molecule has 0 saturated carbocycles. The van der Waals surface area contributed by atoms with Gasteiger partial charge < -0.3 is 10.2 Å². The van der Waals surface area contributed by atoms with Gasteiger partial charge >= 0.3 is 0 Å². The SMILES string of the molecule is C=C(CCC[C@H](C)CCC[C@H](C)CCCC(C)C)[C@H](O)CO. The van der Waals surface area contributed by atoms with Crippen LogP contribution in [0.4, 0.5) is 0 Å². The van der Waals surface area contributed by atoms with E-state index in [0.29, 0.717) is 0 Å². The zero-order chi connectivity index (χ0) is 17.0. The van der Waals surface area contributed by atoms with Crippen molar-refractivity contribution in [3.63, 3.8) is 0 Å². The lowest BCUT2D eigenvalue weighted by Crippen LogP contribution is -2.14. The minimum Gasteiger partial charge on any atom is -0.393 e. The molecule has 2 N–H and O–H groups in total. The lowest BCUT2D eigenvalue weighted by Gasteiger charge is -2.16. The topological polar surface area (TPSA) is 40.5 Å². The largest absolute Gasteiger partial charge is 0.393 e. The maximum absolute atomic E-state index is 9.45. The Hall–Kier alpha value is -0.340. The molecular weight excluding hydrogens is 272 g/mol. The average Bonchev–Trinajstić information content (AvgIpc) is 2.45. The van der Waals surface area contributed by atoms with Crippen LogP contribution in [0.25, 0.3) is 0 Å². The Morgan fingerprint density at radius 1 is 0.818 bits per heavy atom. The van der Waals surface area contributed by atoms with Crippen LogP contribution in [0.3, 0.4) is 0 Å². The van der Waals surface area contributed by atoms with E-state index in [1.54, 1.807) is 0 Å². The Labute approximate surface area is 139 Å². The van der Waals surface area contributed by atoms with Gasteiger partial charge in [0.1, 0.15) is 0 Å². The number of rotatable bonds is 14. The molecule has 22 heavy (non-hydrogen) atoms. The van der Waals surface area contributed by atoms with Gasteiger partial charge in [0.15, 0.2) is 0 Å². The fourth-order valence-electron chi connectivity index (χ4n) is 2.95. The molecule has 0 aromatic heterocycles. The molecule has 0 bridgehead atoms. The summed E-state index contributed by atoms with van der Waals surface area (Å²) in [6, 6.07) is 0. The van der Waals surface area contributed by atoms with E-state index in [1.165, 1.54) is 44.9 Å². The standard InChI is InChI=1S/C20H40O2/c1-16(2)9-6-10-17(3)11-7-12-18(4)13-8-14-19(5)20(22)15-21/h16-18,20-22H,5-15H2,1-4H3/t17-,18-,20-/m1/s1. The first-order valence-corrected chi connectivity index (χ1v) is 9.33. The highest BCUT2D eigenvalue weighted by atomic mass is 16.3. The average molecular weight is 313 g/mol. The van der Waals surface area contributed by atoms with Crippen molar-refractivity contribution in [3.05, 3.63) is 12.2 Å². The molecule has 0 radical (unpaired) electrons. The van der Waals surface area contributed by atoms with Crippen LogP contribution in [0.1, 0.15) is 85.5 Å². The van der Waals surface area contributed by atoms with E-state index in [0.717, 1.165) is 36.2 Å². The Morgan fingerprint density at radius 2 is 1.27 bits per heavy atom. The molecule has 2 nitrogen and oxygen atoms in total. The summed E-state index contributed by atoms with van der Waals surface area (Å²) in [5.74, 6) is 2.46. The summed E-state index contributed by atoms with van der Waals surface area (Å²) in [6.07, 6.45) is 10.5. The molecule has 0 aliphatic carbocycles. The number of aliphatic hydroxyl groups excluding tert-OH is 2. The van der Waals surface area contributed by atoms with Gasteiger partial charge in [-0.15, -0.1) is 0 Å². The molecule has 0 rings (SSSR count). The van der Waals surface area contributed by atoms with Gasteiger partial charge in [-0.3, -0.25) is 0 Å². The smallest absolute Gasteiger partial charge is 0.0978 e. The zero-order valence-electron chi connectivity index (χ0n) is 15.5. The summed E-state index contributed by atoms with van der Waals surface area (Å²) in [7, 11) is 0. The summed E-state index contributed by atoms with van der Waals surface area (Å²) in [5.41, 5.74) is 0.772. The van der Waals surface area contributed by atoms with Gasteiger partial charge in [-0.25, -0.2) is 0 Å². The maximum atomic E-state index is 9.45. The van der Waals surface area contributed by atoms with Crippen molar-refractivity contribution in [3.8, 4) is 0 Å². The molecule has 0 unspecified atom stereocenters. The molecule has 0 fully saturated rings. The van der Waals surface area contributed by atoms with Crippen molar-refractivity contribution in [1.29, 1.82) is 0 Å². The van der Waals surface area contributed by atoms with Gasteiger partial charge in [0, 0.05) is 0 Å². The molecule has 0 aliphatic rings.